The second-order valence-electron chi connectivity index (χ2n) is 5.30. The normalized spacial score (nSPS) is 23.2. The molecule has 0 bridgehead atoms. The minimum atomic E-state index is 0.0385. The van der Waals surface area contributed by atoms with Gasteiger partial charge in [-0.05, 0) is 45.2 Å². The van der Waals surface area contributed by atoms with Crippen molar-refractivity contribution in [3.63, 3.8) is 0 Å². The van der Waals surface area contributed by atoms with Crippen LogP contribution in [0.15, 0.2) is 18.2 Å². The van der Waals surface area contributed by atoms with Crippen LogP contribution in [0.5, 0.6) is 5.75 Å². The first-order valence-corrected chi connectivity index (χ1v) is 6.80. The van der Waals surface area contributed by atoms with Gasteiger partial charge in [0.1, 0.15) is 5.75 Å². The summed E-state index contributed by atoms with van der Waals surface area (Å²) in [5.74, 6) is 0.589. The predicted molar refractivity (Wildman–Crippen MR) is 76.4 cm³/mol. The molecule has 1 heterocycles. The predicted octanol–water partition coefficient (Wildman–Crippen LogP) is 2.68. The number of benzene rings is 1. The van der Waals surface area contributed by atoms with Crippen LogP contribution in [0, 0.1) is 0 Å². The number of anilines is 1. The summed E-state index contributed by atoms with van der Waals surface area (Å²) in [6.07, 6.45) is 3.31. The Balaban J connectivity index is 2.32. The van der Waals surface area contributed by atoms with E-state index in [9.17, 15) is 4.79 Å². The number of nitrogens with two attached hydrogens (primary N) is 1. The molecule has 1 saturated heterocycles. The molecule has 1 amide bonds. The topological polar surface area (TPSA) is 55.6 Å². The van der Waals surface area contributed by atoms with Crippen molar-refractivity contribution in [3.8, 4) is 5.75 Å². The van der Waals surface area contributed by atoms with E-state index in [1.54, 1.807) is 25.3 Å². The van der Waals surface area contributed by atoms with E-state index in [1.807, 2.05) is 4.90 Å². The first kappa shape index (κ1) is 13.7. The molecule has 2 atom stereocenters. The Morgan fingerprint density at radius 3 is 2.53 bits per heavy atom. The van der Waals surface area contributed by atoms with Crippen LogP contribution >= 0.6 is 0 Å². The van der Waals surface area contributed by atoms with E-state index in [2.05, 4.69) is 13.8 Å². The lowest BCUT2D eigenvalue weighted by Gasteiger charge is -2.39. The Labute approximate surface area is 114 Å². The van der Waals surface area contributed by atoms with Crippen LogP contribution in [0.25, 0.3) is 0 Å². The molecule has 0 radical (unpaired) electrons. The van der Waals surface area contributed by atoms with Gasteiger partial charge in [-0.25, -0.2) is 0 Å². The van der Waals surface area contributed by atoms with Crippen molar-refractivity contribution < 1.29 is 9.53 Å². The summed E-state index contributed by atoms with van der Waals surface area (Å²) in [6, 6.07) is 5.75. The SMILES string of the molecule is COc1cc(N)ccc1C(=O)N1[C@H](C)CCC[C@@H]1C. The second-order valence-corrected chi connectivity index (χ2v) is 5.30. The first-order chi connectivity index (χ1) is 9.04. The van der Waals surface area contributed by atoms with E-state index in [1.165, 1.54) is 6.42 Å². The molecule has 0 unspecified atom stereocenters. The summed E-state index contributed by atoms with van der Waals surface area (Å²) in [5.41, 5.74) is 6.93. The molecule has 0 saturated carbocycles. The minimum absolute atomic E-state index is 0.0385. The minimum Gasteiger partial charge on any atom is -0.496 e. The summed E-state index contributed by atoms with van der Waals surface area (Å²) >= 11 is 0. The highest BCUT2D eigenvalue weighted by Crippen LogP contribution is 2.28. The van der Waals surface area contributed by atoms with Gasteiger partial charge in [-0.1, -0.05) is 0 Å². The Morgan fingerprint density at radius 2 is 1.95 bits per heavy atom. The highest BCUT2D eigenvalue weighted by atomic mass is 16.5. The Hall–Kier alpha value is -1.71. The Morgan fingerprint density at radius 1 is 1.32 bits per heavy atom. The maximum Gasteiger partial charge on any atom is 0.258 e. The molecule has 104 valence electrons. The van der Waals surface area contributed by atoms with E-state index in [-0.39, 0.29) is 18.0 Å². The maximum absolute atomic E-state index is 12.7. The van der Waals surface area contributed by atoms with Gasteiger partial charge in [0.15, 0.2) is 0 Å². The Bertz CT molecular complexity index is 463. The highest BCUT2D eigenvalue weighted by molar-refractivity contribution is 5.97. The van der Waals surface area contributed by atoms with Crippen molar-refractivity contribution in [2.75, 3.05) is 12.8 Å². The van der Waals surface area contributed by atoms with Crippen molar-refractivity contribution >= 4 is 11.6 Å². The molecule has 0 spiro atoms. The highest BCUT2D eigenvalue weighted by Gasteiger charge is 2.30. The number of piperidine rings is 1. The van der Waals surface area contributed by atoms with Gasteiger partial charge in [0.05, 0.1) is 12.7 Å². The largest absolute Gasteiger partial charge is 0.496 e. The third kappa shape index (κ3) is 2.67. The number of nitrogen functional groups attached to an aromatic ring is 1. The third-order valence-electron chi connectivity index (χ3n) is 3.88. The lowest BCUT2D eigenvalue weighted by Crippen LogP contribution is -2.47. The van der Waals surface area contributed by atoms with Gasteiger partial charge in [-0.3, -0.25) is 4.79 Å². The summed E-state index contributed by atoms with van der Waals surface area (Å²) < 4.78 is 5.28. The number of nitrogens with zero attached hydrogens (tertiary/aromatic N) is 1. The number of hydrogen-bond donors (Lipinski definition) is 1. The summed E-state index contributed by atoms with van der Waals surface area (Å²) in [6.45, 7) is 4.22. The molecule has 2 N–H and O–H groups in total. The van der Waals surface area contributed by atoms with Crippen molar-refractivity contribution in [1.82, 2.24) is 4.90 Å². The average Bonchev–Trinajstić information content (AvgIpc) is 2.38. The first-order valence-electron chi connectivity index (χ1n) is 6.80. The molecule has 4 nitrogen and oxygen atoms in total. The fraction of sp³-hybridized carbons (Fsp3) is 0.533. The second kappa shape index (κ2) is 5.51. The maximum atomic E-state index is 12.7. The van der Waals surface area contributed by atoms with Gasteiger partial charge < -0.3 is 15.4 Å². The molecule has 1 aromatic rings. The zero-order valence-electron chi connectivity index (χ0n) is 11.8. The van der Waals surface area contributed by atoms with Crippen LogP contribution in [-0.2, 0) is 0 Å². The van der Waals surface area contributed by atoms with Crippen LogP contribution in [-0.4, -0.2) is 30.0 Å². The monoisotopic (exact) mass is 262 g/mol. The van der Waals surface area contributed by atoms with Gasteiger partial charge in [0.25, 0.3) is 5.91 Å². The zero-order valence-corrected chi connectivity index (χ0v) is 11.8. The molecule has 1 aliphatic heterocycles. The quantitative estimate of drug-likeness (QED) is 0.834. The van der Waals surface area contributed by atoms with E-state index >= 15 is 0 Å². The average molecular weight is 262 g/mol. The fourth-order valence-corrected chi connectivity index (χ4v) is 2.85. The van der Waals surface area contributed by atoms with Crippen LogP contribution in [0.3, 0.4) is 0 Å². The number of likely N-dealkylation sites (tertiary alicyclic amines) is 1. The standard InChI is InChI=1S/C15H22N2O2/c1-10-5-4-6-11(2)17(10)15(18)13-8-7-12(16)9-14(13)19-3/h7-11H,4-6,16H2,1-3H3/t10-,11+. The molecule has 0 aromatic heterocycles. The van der Waals surface area contributed by atoms with E-state index < -0.39 is 0 Å². The van der Waals surface area contributed by atoms with Crippen molar-refractivity contribution in [2.24, 2.45) is 0 Å². The number of hydrogen-bond acceptors (Lipinski definition) is 3. The molecule has 0 aliphatic carbocycles. The van der Waals surface area contributed by atoms with Gasteiger partial charge in [-0.15, -0.1) is 0 Å². The molecule has 1 fully saturated rings. The molecule has 1 aliphatic rings. The number of rotatable bonds is 2. The molecule has 2 rings (SSSR count). The smallest absolute Gasteiger partial charge is 0.258 e. The molecular formula is C15H22N2O2. The summed E-state index contributed by atoms with van der Waals surface area (Å²) in [5, 5.41) is 0. The van der Waals surface area contributed by atoms with E-state index in [0.717, 1.165) is 12.8 Å². The third-order valence-corrected chi connectivity index (χ3v) is 3.88. The Kier molecular flexibility index (Phi) is 3.98. The van der Waals surface area contributed by atoms with Crippen molar-refractivity contribution in [2.45, 2.75) is 45.2 Å². The van der Waals surface area contributed by atoms with E-state index in [0.29, 0.717) is 17.0 Å². The van der Waals surface area contributed by atoms with Crippen LogP contribution in [0.1, 0.15) is 43.5 Å². The van der Waals surface area contributed by atoms with Gasteiger partial charge in [0.2, 0.25) is 0 Å². The van der Waals surface area contributed by atoms with Crippen LogP contribution in [0.2, 0.25) is 0 Å². The summed E-state index contributed by atoms with van der Waals surface area (Å²) in [4.78, 5) is 14.7. The lowest BCUT2D eigenvalue weighted by atomic mass is 9.96. The number of carbonyl (C=O) groups is 1. The van der Waals surface area contributed by atoms with Gasteiger partial charge >= 0.3 is 0 Å². The van der Waals surface area contributed by atoms with E-state index in [4.69, 9.17) is 10.5 Å². The number of methoxy groups -OCH3 is 1. The molecule has 4 heteroatoms. The van der Waals surface area contributed by atoms with Crippen LogP contribution < -0.4 is 10.5 Å². The van der Waals surface area contributed by atoms with Crippen molar-refractivity contribution in [3.05, 3.63) is 23.8 Å². The number of amides is 1. The zero-order chi connectivity index (χ0) is 14.0. The summed E-state index contributed by atoms with van der Waals surface area (Å²) in [7, 11) is 1.56. The van der Waals surface area contributed by atoms with Gasteiger partial charge in [-0.2, -0.15) is 0 Å². The molecule has 1 aromatic carbocycles. The number of carbonyl (C=O) groups excluding carboxylic acids is 1. The lowest BCUT2D eigenvalue weighted by molar-refractivity contribution is 0.0507. The number of ether oxygens (including phenoxy) is 1. The fourth-order valence-electron chi connectivity index (χ4n) is 2.85. The van der Waals surface area contributed by atoms with Crippen LogP contribution in [0.4, 0.5) is 5.69 Å². The molecule has 19 heavy (non-hydrogen) atoms. The van der Waals surface area contributed by atoms with Gasteiger partial charge in [0, 0.05) is 23.8 Å². The molecular weight excluding hydrogens is 240 g/mol. The van der Waals surface area contributed by atoms with Crippen molar-refractivity contribution in [1.29, 1.82) is 0 Å².